The van der Waals surface area contributed by atoms with Gasteiger partial charge in [-0.1, -0.05) is 54.6 Å². The van der Waals surface area contributed by atoms with Crippen LogP contribution < -0.4 is 5.32 Å². The van der Waals surface area contributed by atoms with Gasteiger partial charge in [-0.15, -0.1) is 0 Å². The summed E-state index contributed by atoms with van der Waals surface area (Å²) in [6.45, 7) is 2.14. The lowest BCUT2D eigenvalue weighted by molar-refractivity contribution is 0.731. The fourth-order valence-corrected chi connectivity index (χ4v) is 1.74. The number of nitrogens with one attached hydrogen (secondary N) is 1. The number of likely N-dealkylation sites (N-methyl/N-ethyl adjacent to an activating group) is 1. The Morgan fingerprint density at radius 2 is 1.81 bits per heavy atom. The molecule has 0 fully saturated rings. The van der Waals surface area contributed by atoms with E-state index >= 15 is 0 Å². The lowest BCUT2D eigenvalue weighted by atomic mass is 10.0. The molecule has 0 aliphatic carbocycles. The maximum atomic E-state index is 3.20. The second-order valence-electron chi connectivity index (χ2n) is 4.00. The van der Waals surface area contributed by atoms with E-state index in [-0.39, 0.29) is 0 Å². The third-order valence-electron chi connectivity index (χ3n) is 2.84. The molecule has 1 nitrogen and oxygen atoms in total. The van der Waals surface area contributed by atoms with Crippen molar-refractivity contribution >= 4 is 16.8 Å². The lowest BCUT2D eigenvalue weighted by Crippen LogP contribution is -2.17. The molecule has 0 spiro atoms. The first-order valence-corrected chi connectivity index (χ1v) is 5.64. The van der Waals surface area contributed by atoms with Crippen LogP contribution in [0.3, 0.4) is 0 Å². The van der Waals surface area contributed by atoms with E-state index < -0.39 is 0 Å². The lowest BCUT2D eigenvalue weighted by Gasteiger charge is -2.04. The van der Waals surface area contributed by atoms with Crippen LogP contribution in [0.2, 0.25) is 0 Å². The normalized spacial score (nSPS) is 13.4. The summed E-state index contributed by atoms with van der Waals surface area (Å²) < 4.78 is 0. The van der Waals surface area contributed by atoms with Crippen molar-refractivity contribution in [2.45, 2.75) is 13.0 Å². The molecule has 2 aromatic rings. The number of fused-ring (bicyclic) bond motifs is 1. The maximum absolute atomic E-state index is 3.20. The Balaban J connectivity index is 2.41. The number of hydrogen-bond donors (Lipinski definition) is 1. The van der Waals surface area contributed by atoms with Crippen molar-refractivity contribution in [3.05, 3.63) is 54.1 Å². The Bertz CT molecular complexity index is 494. The number of rotatable bonds is 3. The van der Waals surface area contributed by atoms with E-state index in [1.807, 2.05) is 7.05 Å². The Kier molecular flexibility index (Phi) is 3.37. The fourth-order valence-electron chi connectivity index (χ4n) is 1.74. The smallest absolute Gasteiger partial charge is 0.0221 e. The number of benzene rings is 2. The Hall–Kier alpha value is -1.60. The van der Waals surface area contributed by atoms with Crippen LogP contribution in [0, 0.1) is 0 Å². The van der Waals surface area contributed by atoms with Gasteiger partial charge in [0.15, 0.2) is 0 Å². The summed E-state index contributed by atoms with van der Waals surface area (Å²) in [7, 11) is 1.97. The minimum absolute atomic E-state index is 0.402. The minimum Gasteiger partial charge on any atom is -0.314 e. The molecule has 0 aliphatic rings. The molecule has 2 aromatic carbocycles. The second-order valence-corrected chi connectivity index (χ2v) is 4.00. The highest BCUT2D eigenvalue weighted by atomic mass is 14.8. The first kappa shape index (κ1) is 10.9. The van der Waals surface area contributed by atoms with Gasteiger partial charge in [-0.3, -0.25) is 0 Å². The van der Waals surface area contributed by atoms with Crippen molar-refractivity contribution in [2.75, 3.05) is 7.05 Å². The van der Waals surface area contributed by atoms with Gasteiger partial charge in [0.1, 0.15) is 0 Å². The van der Waals surface area contributed by atoms with Gasteiger partial charge >= 0.3 is 0 Å². The van der Waals surface area contributed by atoms with Gasteiger partial charge in [-0.2, -0.15) is 0 Å². The zero-order valence-corrected chi connectivity index (χ0v) is 9.77. The molecule has 0 aromatic heterocycles. The SMILES string of the molecule is CNC(C)/C=C/c1cccc2ccccc12. The van der Waals surface area contributed by atoms with Crippen molar-refractivity contribution in [1.29, 1.82) is 0 Å². The Morgan fingerprint density at radius 3 is 2.62 bits per heavy atom. The van der Waals surface area contributed by atoms with Crippen molar-refractivity contribution < 1.29 is 0 Å². The molecule has 0 amide bonds. The van der Waals surface area contributed by atoms with Crippen LogP contribution in [-0.2, 0) is 0 Å². The third kappa shape index (κ3) is 2.31. The summed E-state index contributed by atoms with van der Waals surface area (Å²) in [4.78, 5) is 0. The molecule has 16 heavy (non-hydrogen) atoms. The van der Waals surface area contributed by atoms with Crippen LogP contribution in [0.1, 0.15) is 12.5 Å². The average molecular weight is 211 g/mol. The summed E-state index contributed by atoms with van der Waals surface area (Å²) in [6.07, 6.45) is 4.37. The molecule has 1 unspecified atom stereocenters. The van der Waals surface area contributed by atoms with E-state index in [0.717, 1.165) is 0 Å². The van der Waals surface area contributed by atoms with E-state index in [9.17, 15) is 0 Å². The molecule has 1 N–H and O–H groups in total. The van der Waals surface area contributed by atoms with Crippen LogP contribution in [0.15, 0.2) is 48.5 Å². The highest BCUT2D eigenvalue weighted by Gasteiger charge is 1.96. The molecular weight excluding hydrogens is 194 g/mol. The molecule has 0 aliphatic heterocycles. The van der Waals surface area contributed by atoms with Gasteiger partial charge in [-0.25, -0.2) is 0 Å². The van der Waals surface area contributed by atoms with Gasteiger partial charge in [0.2, 0.25) is 0 Å². The zero-order valence-electron chi connectivity index (χ0n) is 9.77. The summed E-state index contributed by atoms with van der Waals surface area (Å²) in [5.41, 5.74) is 1.28. The fraction of sp³-hybridized carbons (Fsp3) is 0.200. The van der Waals surface area contributed by atoms with Gasteiger partial charge in [0.05, 0.1) is 0 Å². The molecule has 82 valence electrons. The first-order chi connectivity index (χ1) is 7.81. The summed E-state index contributed by atoms with van der Waals surface area (Å²) in [5.74, 6) is 0. The van der Waals surface area contributed by atoms with E-state index in [0.29, 0.717) is 6.04 Å². The molecule has 0 bridgehead atoms. The quantitative estimate of drug-likeness (QED) is 0.819. The van der Waals surface area contributed by atoms with Crippen LogP contribution in [0.4, 0.5) is 0 Å². The van der Waals surface area contributed by atoms with E-state index in [1.165, 1.54) is 16.3 Å². The monoisotopic (exact) mass is 211 g/mol. The Labute approximate surface area is 96.8 Å². The second kappa shape index (κ2) is 4.95. The highest BCUT2D eigenvalue weighted by Crippen LogP contribution is 2.19. The maximum Gasteiger partial charge on any atom is 0.0221 e. The van der Waals surface area contributed by atoms with Crippen molar-refractivity contribution in [3.8, 4) is 0 Å². The van der Waals surface area contributed by atoms with Gasteiger partial charge < -0.3 is 5.32 Å². The third-order valence-corrected chi connectivity index (χ3v) is 2.84. The van der Waals surface area contributed by atoms with Gasteiger partial charge in [-0.05, 0) is 30.3 Å². The highest BCUT2D eigenvalue weighted by molar-refractivity contribution is 5.90. The zero-order chi connectivity index (χ0) is 11.4. The summed E-state index contributed by atoms with van der Waals surface area (Å²) >= 11 is 0. The minimum atomic E-state index is 0.402. The van der Waals surface area contributed by atoms with Crippen molar-refractivity contribution in [2.24, 2.45) is 0 Å². The molecule has 1 atom stereocenters. The summed E-state index contributed by atoms with van der Waals surface area (Å²) in [6, 6.07) is 15.3. The molecule has 0 saturated carbocycles. The molecule has 0 heterocycles. The van der Waals surface area contributed by atoms with E-state index in [1.54, 1.807) is 0 Å². The van der Waals surface area contributed by atoms with Crippen molar-refractivity contribution in [3.63, 3.8) is 0 Å². The molecular formula is C15H17N. The predicted molar refractivity (Wildman–Crippen MR) is 71.5 cm³/mol. The largest absolute Gasteiger partial charge is 0.314 e. The molecule has 0 radical (unpaired) electrons. The van der Waals surface area contributed by atoms with Crippen LogP contribution in [0.25, 0.3) is 16.8 Å². The van der Waals surface area contributed by atoms with Gasteiger partial charge in [0, 0.05) is 6.04 Å². The Morgan fingerprint density at radius 1 is 1.06 bits per heavy atom. The van der Waals surface area contributed by atoms with Crippen LogP contribution in [0.5, 0.6) is 0 Å². The molecule has 0 saturated heterocycles. The van der Waals surface area contributed by atoms with Crippen molar-refractivity contribution in [1.82, 2.24) is 5.32 Å². The van der Waals surface area contributed by atoms with E-state index in [4.69, 9.17) is 0 Å². The van der Waals surface area contributed by atoms with Crippen LogP contribution in [-0.4, -0.2) is 13.1 Å². The molecule has 2 rings (SSSR count). The topological polar surface area (TPSA) is 12.0 Å². The predicted octanol–water partition coefficient (Wildman–Crippen LogP) is 3.46. The summed E-state index contributed by atoms with van der Waals surface area (Å²) in [5, 5.41) is 5.80. The van der Waals surface area contributed by atoms with E-state index in [2.05, 4.69) is 66.9 Å². The first-order valence-electron chi connectivity index (χ1n) is 5.64. The standard InChI is InChI=1S/C15H17N/c1-12(16-2)10-11-14-8-5-7-13-6-3-4-9-15(13)14/h3-12,16H,1-2H3/b11-10+. The van der Waals surface area contributed by atoms with Crippen LogP contribution >= 0.6 is 0 Å². The average Bonchev–Trinajstić information content (AvgIpc) is 2.35. The number of hydrogen-bond acceptors (Lipinski definition) is 1. The van der Waals surface area contributed by atoms with Gasteiger partial charge in [0.25, 0.3) is 0 Å². The molecule has 1 heteroatoms.